The molecular weight excluding hydrogens is 264 g/mol. The van der Waals surface area contributed by atoms with Gasteiger partial charge in [0.1, 0.15) is 0 Å². The Labute approximate surface area is 127 Å². The van der Waals surface area contributed by atoms with Crippen LogP contribution in [0.5, 0.6) is 0 Å². The number of rotatable bonds is 8. The van der Waals surface area contributed by atoms with Gasteiger partial charge < -0.3 is 9.16 Å². The summed E-state index contributed by atoms with van der Waals surface area (Å²) < 4.78 is 12.2. The third-order valence-corrected chi connectivity index (χ3v) is 4.98. The molecule has 2 atom stereocenters. The van der Waals surface area contributed by atoms with Gasteiger partial charge in [0.25, 0.3) is 0 Å². The number of hydrogen-bond acceptors (Lipinski definition) is 2. The minimum absolute atomic E-state index is 0.0166. The van der Waals surface area contributed by atoms with E-state index >= 15 is 0 Å². The van der Waals surface area contributed by atoms with Crippen LogP contribution in [-0.2, 0) is 9.16 Å². The van der Waals surface area contributed by atoms with Gasteiger partial charge in [-0.25, -0.2) is 0 Å². The fourth-order valence-electron chi connectivity index (χ4n) is 2.88. The lowest BCUT2D eigenvalue weighted by Gasteiger charge is -2.33. The smallest absolute Gasteiger partial charge is 0.184 e. The summed E-state index contributed by atoms with van der Waals surface area (Å²) in [5.74, 6) is 0. The van der Waals surface area contributed by atoms with Crippen molar-refractivity contribution in [1.29, 1.82) is 0 Å². The van der Waals surface area contributed by atoms with Crippen LogP contribution in [0.2, 0.25) is 19.6 Å². The molecule has 0 aromatic heterocycles. The van der Waals surface area contributed by atoms with Crippen LogP contribution in [0, 0.1) is 0 Å². The van der Waals surface area contributed by atoms with E-state index in [1.54, 1.807) is 0 Å². The van der Waals surface area contributed by atoms with Gasteiger partial charge in [0.15, 0.2) is 8.32 Å². The van der Waals surface area contributed by atoms with Crippen molar-refractivity contribution in [2.24, 2.45) is 0 Å². The van der Waals surface area contributed by atoms with Crippen LogP contribution in [0.25, 0.3) is 0 Å². The van der Waals surface area contributed by atoms with Crippen LogP contribution in [0.15, 0.2) is 11.6 Å². The Kier molecular flexibility index (Phi) is 5.67. The molecule has 1 heterocycles. The first-order chi connectivity index (χ1) is 8.94. The topological polar surface area (TPSA) is 21.8 Å². The highest BCUT2D eigenvalue weighted by atomic mass is 28.4. The molecule has 3 heteroatoms. The molecule has 1 rings (SSSR count). The van der Waals surface area contributed by atoms with Gasteiger partial charge in [-0.15, -0.1) is 0 Å². The molecule has 0 aliphatic carbocycles. The molecule has 0 unspecified atom stereocenters. The molecule has 0 radical (unpaired) electrons. The van der Waals surface area contributed by atoms with E-state index in [0.29, 0.717) is 6.10 Å². The normalized spacial score (nSPS) is 26.5. The van der Waals surface area contributed by atoms with E-state index in [2.05, 4.69) is 60.3 Å². The van der Waals surface area contributed by atoms with E-state index in [-0.39, 0.29) is 11.2 Å². The lowest BCUT2D eigenvalue weighted by Crippen LogP contribution is -2.38. The Morgan fingerprint density at radius 2 is 1.90 bits per heavy atom. The first kappa shape index (κ1) is 17.9. The number of allylic oxidation sites excluding steroid dienone is 2. The molecule has 20 heavy (non-hydrogen) atoms. The summed E-state index contributed by atoms with van der Waals surface area (Å²) in [4.78, 5) is 0. The lowest BCUT2D eigenvalue weighted by atomic mass is 9.94. The van der Waals surface area contributed by atoms with Crippen molar-refractivity contribution in [2.75, 3.05) is 0 Å². The summed E-state index contributed by atoms with van der Waals surface area (Å²) in [7, 11) is -1.46. The molecule has 0 N–H and O–H groups in total. The standard InChI is InChI=1S/C17H34O2Si/c1-14(2)10-9-12-17(5)15(18-17)11-13-16(3,4)19-20(6,7)8/h10,15H,9,11-13H2,1-8H3/t15-,17+/m0/s1. The van der Waals surface area contributed by atoms with Crippen LogP contribution in [0.3, 0.4) is 0 Å². The van der Waals surface area contributed by atoms with Crippen LogP contribution in [0.4, 0.5) is 0 Å². The molecule has 0 saturated carbocycles. The van der Waals surface area contributed by atoms with Gasteiger partial charge in [0.05, 0.1) is 17.3 Å². The molecule has 0 spiro atoms. The summed E-state index contributed by atoms with van der Waals surface area (Å²) in [5, 5.41) is 0. The maximum atomic E-state index is 6.26. The van der Waals surface area contributed by atoms with Crippen molar-refractivity contribution in [3.63, 3.8) is 0 Å². The highest BCUT2D eigenvalue weighted by Gasteiger charge is 2.51. The van der Waals surface area contributed by atoms with E-state index in [4.69, 9.17) is 9.16 Å². The van der Waals surface area contributed by atoms with E-state index < -0.39 is 8.32 Å². The molecule has 118 valence electrons. The second-order valence-electron chi connectivity index (χ2n) is 8.25. The quantitative estimate of drug-likeness (QED) is 0.344. The predicted octanol–water partition coefficient (Wildman–Crippen LogP) is 5.30. The van der Waals surface area contributed by atoms with E-state index in [1.807, 2.05) is 0 Å². The lowest BCUT2D eigenvalue weighted by molar-refractivity contribution is 0.0861. The monoisotopic (exact) mass is 298 g/mol. The van der Waals surface area contributed by atoms with Gasteiger partial charge in [-0.05, 0) is 79.9 Å². The van der Waals surface area contributed by atoms with Crippen molar-refractivity contribution < 1.29 is 9.16 Å². The first-order valence-corrected chi connectivity index (χ1v) is 11.4. The van der Waals surface area contributed by atoms with Crippen LogP contribution >= 0.6 is 0 Å². The molecule has 1 fully saturated rings. The van der Waals surface area contributed by atoms with Gasteiger partial charge in [0, 0.05) is 0 Å². The first-order valence-electron chi connectivity index (χ1n) is 7.95. The van der Waals surface area contributed by atoms with Crippen molar-refractivity contribution >= 4 is 8.32 Å². The van der Waals surface area contributed by atoms with Crippen molar-refractivity contribution in [1.82, 2.24) is 0 Å². The van der Waals surface area contributed by atoms with Gasteiger partial charge in [-0.3, -0.25) is 0 Å². The Hall–Kier alpha value is -0.123. The minimum Gasteiger partial charge on any atom is -0.413 e. The molecule has 2 nitrogen and oxygen atoms in total. The van der Waals surface area contributed by atoms with E-state index in [0.717, 1.165) is 25.7 Å². The second-order valence-corrected chi connectivity index (χ2v) is 12.7. The van der Waals surface area contributed by atoms with Gasteiger partial charge in [0.2, 0.25) is 0 Å². The number of ether oxygens (including phenoxy) is 1. The Morgan fingerprint density at radius 3 is 2.40 bits per heavy atom. The summed E-state index contributed by atoms with van der Waals surface area (Å²) >= 11 is 0. The minimum atomic E-state index is -1.46. The van der Waals surface area contributed by atoms with E-state index in [1.165, 1.54) is 5.57 Å². The molecule has 1 aliphatic rings. The zero-order chi connectivity index (χ0) is 15.6. The van der Waals surface area contributed by atoms with Crippen molar-refractivity contribution in [3.8, 4) is 0 Å². The summed E-state index contributed by atoms with van der Waals surface area (Å²) in [5.41, 5.74) is 1.49. The Balaban J connectivity index is 2.32. The summed E-state index contributed by atoms with van der Waals surface area (Å²) in [6.07, 6.45) is 7.20. The fraction of sp³-hybridized carbons (Fsp3) is 0.882. The van der Waals surface area contributed by atoms with Gasteiger partial charge >= 0.3 is 0 Å². The zero-order valence-corrected chi connectivity index (χ0v) is 15.8. The predicted molar refractivity (Wildman–Crippen MR) is 89.7 cm³/mol. The zero-order valence-electron chi connectivity index (χ0n) is 14.8. The SMILES string of the molecule is CC(C)=CCC[C@@]1(C)O[C@H]1CCC(C)(C)O[Si](C)(C)C. The van der Waals surface area contributed by atoms with Crippen LogP contribution < -0.4 is 0 Å². The average molecular weight is 299 g/mol. The molecular formula is C17H34O2Si. The second kappa shape index (κ2) is 6.33. The molecule has 0 aromatic carbocycles. The van der Waals surface area contributed by atoms with Crippen LogP contribution in [-0.4, -0.2) is 25.6 Å². The third kappa shape index (κ3) is 6.55. The fourth-order valence-corrected chi connectivity index (χ4v) is 4.64. The summed E-state index contributed by atoms with van der Waals surface area (Å²) in [6, 6.07) is 0. The molecule has 1 aliphatic heterocycles. The van der Waals surface area contributed by atoms with E-state index in [9.17, 15) is 0 Å². The summed E-state index contributed by atoms with van der Waals surface area (Å²) in [6.45, 7) is 17.8. The maximum Gasteiger partial charge on any atom is 0.184 e. The number of epoxide rings is 1. The molecule has 1 saturated heterocycles. The Bertz CT molecular complexity index is 350. The third-order valence-electron chi connectivity index (χ3n) is 3.82. The largest absolute Gasteiger partial charge is 0.413 e. The highest BCUT2D eigenvalue weighted by Crippen LogP contribution is 2.44. The Morgan fingerprint density at radius 1 is 1.30 bits per heavy atom. The molecule has 0 aromatic rings. The highest BCUT2D eigenvalue weighted by molar-refractivity contribution is 6.69. The molecule has 0 amide bonds. The molecule has 0 bridgehead atoms. The maximum absolute atomic E-state index is 6.26. The van der Waals surface area contributed by atoms with Gasteiger partial charge in [-0.2, -0.15) is 0 Å². The van der Waals surface area contributed by atoms with Gasteiger partial charge in [-0.1, -0.05) is 11.6 Å². The van der Waals surface area contributed by atoms with Crippen molar-refractivity contribution in [3.05, 3.63) is 11.6 Å². The number of hydrogen-bond donors (Lipinski definition) is 0. The van der Waals surface area contributed by atoms with Crippen molar-refractivity contribution in [2.45, 2.75) is 97.2 Å². The van der Waals surface area contributed by atoms with Crippen LogP contribution in [0.1, 0.15) is 60.3 Å². The average Bonchev–Trinajstić information content (AvgIpc) is 2.83.